The molecule has 21 heavy (non-hydrogen) atoms. The van der Waals surface area contributed by atoms with E-state index in [4.69, 9.17) is 4.74 Å². The minimum Gasteiger partial charge on any atom is -0.374 e. The van der Waals surface area contributed by atoms with E-state index >= 15 is 0 Å². The van der Waals surface area contributed by atoms with Crippen molar-refractivity contribution in [1.29, 1.82) is 0 Å². The number of rotatable bonds is 7. The predicted octanol–water partition coefficient (Wildman–Crippen LogP) is 4.95. The molecule has 0 radical (unpaired) electrons. The Hall–Kier alpha value is -0.0300. The lowest BCUT2D eigenvalue weighted by Gasteiger charge is -2.29. The lowest BCUT2D eigenvalue weighted by atomic mass is 9.84. The van der Waals surface area contributed by atoms with Crippen molar-refractivity contribution in [2.24, 2.45) is 5.92 Å². The molecule has 0 spiro atoms. The lowest BCUT2D eigenvalue weighted by molar-refractivity contribution is 0.0530. The van der Waals surface area contributed by atoms with Crippen molar-refractivity contribution in [3.8, 4) is 0 Å². The summed E-state index contributed by atoms with van der Waals surface area (Å²) in [4.78, 5) is 0. The van der Waals surface area contributed by atoms with E-state index in [0.29, 0.717) is 6.10 Å². The Bertz CT molecular complexity index is 235. The quantitative estimate of drug-likeness (QED) is 0.395. The highest BCUT2D eigenvalue weighted by Gasteiger charge is 2.22. The fourth-order valence-electron chi connectivity index (χ4n) is 2.24. The average Bonchev–Trinajstić information content (AvgIpc) is 2.55. The maximum atomic E-state index is 5.98. The van der Waals surface area contributed by atoms with Gasteiger partial charge in [0.1, 0.15) is 0 Å². The zero-order valence-corrected chi connectivity index (χ0v) is 16.1. The summed E-state index contributed by atoms with van der Waals surface area (Å²) in [5, 5.41) is 0. The number of nitrogens with one attached hydrogen (secondary N) is 2. The van der Waals surface area contributed by atoms with Gasteiger partial charge < -0.3 is 4.74 Å². The fourth-order valence-corrected chi connectivity index (χ4v) is 2.64. The molecule has 1 rings (SSSR count). The van der Waals surface area contributed by atoms with Gasteiger partial charge in [-0.2, -0.15) is 0 Å². The molecule has 4 heteroatoms. The van der Waals surface area contributed by atoms with Gasteiger partial charge in [-0.15, -0.1) is 0 Å². The van der Waals surface area contributed by atoms with E-state index in [1.165, 1.54) is 37.0 Å². The fraction of sp³-hybridized carbons (Fsp3) is 0.882. The summed E-state index contributed by atoms with van der Waals surface area (Å²) in [6, 6.07) is 0. The molecule has 0 bridgehead atoms. The molecule has 0 aromatic rings. The Morgan fingerprint density at radius 3 is 2.48 bits per heavy atom. The van der Waals surface area contributed by atoms with E-state index in [-0.39, 0.29) is 0 Å². The Balaban J connectivity index is 0. The van der Waals surface area contributed by atoms with E-state index in [9.17, 15) is 0 Å². The summed E-state index contributed by atoms with van der Waals surface area (Å²) >= 11 is 1.53. The molecule has 0 aromatic heterocycles. The second-order valence-electron chi connectivity index (χ2n) is 4.66. The lowest BCUT2D eigenvalue weighted by Crippen LogP contribution is -2.24. The van der Waals surface area contributed by atoms with E-state index in [0.717, 1.165) is 25.5 Å². The summed E-state index contributed by atoms with van der Waals surface area (Å²) in [6.45, 7) is 14.3. The maximum absolute atomic E-state index is 5.98. The van der Waals surface area contributed by atoms with Crippen LogP contribution in [0.3, 0.4) is 0 Å². The molecular weight excluding hydrogens is 280 g/mol. The number of ether oxygens (including phenoxy) is 1. The first kappa shape index (κ1) is 23.2. The summed E-state index contributed by atoms with van der Waals surface area (Å²) in [7, 11) is 1.91. The zero-order valence-electron chi connectivity index (χ0n) is 15.3. The van der Waals surface area contributed by atoms with Crippen LogP contribution in [0.25, 0.3) is 0 Å². The van der Waals surface area contributed by atoms with Gasteiger partial charge in [-0.05, 0) is 51.1 Å². The van der Waals surface area contributed by atoms with Crippen LogP contribution in [-0.4, -0.2) is 26.3 Å². The molecule has 0 saturated heterocycles. The molecule has 1 aliphatic rings. The van der Waals surface area contributed by atoms with Gasteiger partial charge in [-0.1, -0.05) is 40.7 Å². The minimum atomic E-state index is 0.383. The summed E-state index contributed by atoms with van der Waals surface area (Å²) in [6.07, 6.45) is 7.41. The van der Waals surface area contributed by atoms with Crippen LogP contribution in [0.2, 0.25) is 0 Å². The van der Waals surface area contributed by atoms with Gasteiger partial charge in [0.05, 0.1) is 6.10 Å². The third-order valence-corrected chi connectivity index (χ3v) is 3.76. The molecule has 2 atom stereocenters. The SMILES string of the molecule is C/C=C1\CC(C)CCC1OCCCNSNC.CC.CC. The molecule has 2 N–H and O–H groups in total. The predicted molar refractivity (Wildman–Crippen MR) is 98.5 cm³/mol. The normalized spacial score (nSPS) is 22.9. The van der Waals surface area contributed by atoms with Gasteiger partial charge in [0.25, 0.3) is 0 Å². The van der Waals surface area contributed by atoms with Crippen LogP contribution in [-0.2, 0) is 4.74 Å². The number of hydrogen-bond donors (Lipinski definition) is 2. The van der Waals surface area contributed by atoms with Crippen molar-refractivity contribution >= 4 is 12.1 Å². The van der Waals surface area contributed by atoms with Gasteiger partial charge in [0, 0.05) is 25.3 Å². The first-order chi connectivity index (χ1) is 10.3. The van der Waals surface area contributed by atoms with Gasteiger partial charge in [-0.25, -0.2) is 0 Å². The molecular formula is C17H38N2OS. The topological polar surface area (TPSA) is 33.3 Å². The average molecular weight is 319 g/mol. The molecule has 0 amide bonds. The molecule has 0 aliphatic heterocycles. The second kappa shape index (κ2) is 18.0. The molecule has 3 nitrogen and oxygen atoms in total. The van der Waals surface area contributed by atoms with E-state index in [1.54, 1.807) is 0 Å². The van der Waals surface area contributed by atoms with Gasteiger partial charge >= 0.3 is 0 Å². The maximum Gasteiger partial charge on any atom is 0.0785 e. The summed E-state index contributed by atoms with van der Waals surface area (Å²) in [5.74, 6) is 0.828. The molecule has 0 heterocycles. The smallest absolute Gasteiger partial charge is 0.0785 e. The Labute approximate surface area is 138 Å². The molecule has 0 aromatic carbocycles. The van der Waals surface area contributed by atoms with E-state index < -0.39 is 0 Å². The van der Waals surface area contributed by atoms with Crippen LogP contribution in [0.4, 0.5) is 0 Å². The van der Waals surface area contributed by atoms with Crippen LogP contribution >= 0.6 is 12.1 Å². The molecule has 1 fully saturated rings. The Kier molecular flexibility index (Phi) is 19.9. The van der Waals surface area contributed by atoms with Crippen LogP contribution in [0, 0.1) is 5.92 Å². The van der Waals surface area contributed by atoms with Crippen LogP contribution in [0.1, 0.15) is 67.2 Å². The van der Waals surface area contributed by atoms with E-state index in [1.807, 2.05) is 34.7 Å². The van der Waals surface area contributed by atoms with Gasteiger partial charge in [0.15, 0.2) is 0 Å². The molecule has 1 aliphatic carbocycles. The summed E-state index contributed by atoms with van der Waals surface area (Å²) in [5.41, 5.74) is 1.50. The highest BCUT2D eigenvalue weighted by atomic mass is 32.2. The first-order valence-corrected chi connectivity index (χ1v) is 9.41. The third kappa shape index (κ3) is 12.2. The second-order valence-corrected chi connectivity index (χ2v) is 5.56. The Morgan fingerprint density at radius 1 is 1.24 bits per heavy atom. The Morgan fingerprint density at radius 2 is 1.90 bits per heavy atom. The largest absolute Gasteiger partial charge is 0.374 e. The first-order valence-electron chi connectivity index (χ1n) is 8.60. The van der Waals surface area contributed by atoms with Crippen molar-refractivity contribution in [3.05, 3.63) is 11.6 Å². The van der Waals surface area contributed by atoms with Crippen molar-refractivity contribution in [3.63, 3.8) is 0 Å². The van der Waals surface area contributed by atoms with Crippen molar-refractivity contribution < 1.29 is 4.74 Å². The highest BCUT2D eigenvalue weighted by Crippen LogP contribution is 2.30. The van der Waals surface area contributed by atoms with Crippen LogP contribution in [0.15, 0.2) is 11.6 Å². The molecule has 1 saturated carbocycles. The summed E-state index contributed by atoms with van der Waals surface area (Å²) < 4.78 is 12.2. The standard InChI is InChI=1S/C13H26N2OS.2C2H6/c1-4-12-10-11(2)6-7-13(12)16-9-5-8-15-17-14-3;2*1-2/h4,11,13-15H,5-10H2,1-3H3;2*1-2H3/b12-4+;;. The van der Waals surface area contributed by atoms with Crippen LogP contribution in [0.5, 0.6) is 0 Å². The minimum absolute atomic E-state index is 0.383. The number of hydrogen-bond acceptors (Lipinski definition) is 4. The molecule has 2 unspecified atom stereocenters. The number of allylic oxidation sites excluding steroid dienone is 1. The van der Waals surface area contributed by atoms with Gasteiger partial charge in [-0.3, -0.25) is 9.44 Å². The van der Waals surface area contributed by atoms with Crippen molar-refractivity contribution in [2.75, 3.05) is 20.2 Å². The van der Waals surface area contributed by atoms with Crippen molar-refractivity contribution in [1.82, 2.24) is 9.44 Å². The monoisotopic (exact) mass is 318 g/mol. The molecule has 128 valence electrons. The highest BCUT2D eigenvalue weighted by molar-refractivity contribution is 7.95. The van der Waals surface area contributed by atoms with Crippen molar-refractivity contribution in [2.45, 2.75) is 73.3 Å². The third-order valence-electron chi connectivity index (χ3n) is 3.21. The van der Waals surface area contributed by atoms with Crippen LogP contribution < -0.4 is 9.44 Å². The van der Waals surface area contributed by atoms with E-state index in [2.05, 4.69) is 29.4 Å². The zero-order chi connectivity index (χ0) is 16.5. The van der Waals surface area contributed by atoms with Gasteiger partial charge in [0.2, 0.25) is 0 Å².